The molecule has 20 heavy (non-hydrogen) atoms. The van der Waals surface area contributed by atoms with Crippen LogP contribution in [0, 0.1) is 3.57 Å². The van der Waals surface area contributed by atoms with Crippen molar-refractivity contribution in [2.45, 2.75) is 25.5 Å². The largest absolute Gasteiger partial charge is 0.377 e. The number of rotatable bonds is 4. The minimum absolute atomic E-state index is 0.498. The standard InChI is InChI=1S/C16H23IN2O/c17-15-5-3-14(4-6-15)12-18-7-9-19(10-8-18)13-16-2-1-11-20-16/h3-6,16H,1-2,7-13H2. The summed E-state index contributed by atoms with van der Waals surface area (Å²) < 4.78 is 7.05. The SMILES string of the molecule is Ic1ccc(CN2CCN(CC3CCCO3)CC2)cc1. The Morgan fingerprint density at radius 3 is 2.40 bits per heavy atom. The number of hydrogen-bond acceptors (Lipinski definition) is 3. The van der Waals surface area contributed by atoms with Gasteiger partial charge in [0.15, 0.2) is 0 Å². The van der Waals surface area contributed by atoms with E-state index in [4.69, 9.17) is 4.74 Å². The zero-order valence-electron chi connectivity index (χ0n) is 11.9. The van der Waals surface area contributed by atoms with Crippen LogP contribution in [0.5, 0.6) is 0 Å². The fraction of sp³-hybridized carbons (Fsp3) is 0.625. The maximum Gasteiger partial charge on any atom is 0.0702 e. The van der Waals surface area contributed by atoms with Crippen molar-refractivity contribution in [3.05, 3.63) is 33.4 Å². The van der Waals surface area contributed by atoms with E-state index in [0.717, 1.165) is 19.7 Å². The van der Waals surface area contributed by atoms with Gasteiger partial charge in [0.1, 0.15) is 0 Å². The normalized spacial score (nSPS) is 25.1. The first-order valence-electron chi connectivity index (χ1n) is 7.60. The van der Waals surface area contributed by atoms with Crippen LogP contribution in [-0.4, -0.2) is 55.2 Å². The topological polar surface area (TPSA) is 15.7 Å². The summed E-state index contributed by atoms with van der Waals surface area (Å²) in [5, 5.41) is 0. The van der Waals surface area contributed by atoms with Crippen LogP contribution in [0.25, 0.3) is 0 Å². The average Bonchev–Trinajstić information content (AvgIpc) is 2.96. The molecule has 0 radical (unpaired) electrons. The van der Waals surface area contributed by atoms with E-state index in [1.807, 2.05) is 0 Å². The van der Waals surface area contributed by atoms with Crippen LogP contribution in [0.15, 0.2) is 24.3 Å². The van der Waals surface area contributed by atoms with Gasteiger partial charge in [0.05, 0.1) is 6.10 Å². The van der Waals surface area contributed by atoms with Gasteiger partial charge in [-0.25, -0.2) is 0 Å². The molecule has 1 atom stereocenters. The number of ether oxygens (including phenoxy) is 1. The molecule has 1 unspecified atom stereocenters. The van der Waals surface area contributed by atoms with Crippen molar-refractivity contribution in [3.8, 4) is 0 Å². The number of halogens is 1. The molecule has 0 saturated carbocycles. The first kappa shape index (κ1) is 14.8. The van der Waals surface area contributed by atoms with Crippen molar-refractivity contribution in [3.63, 3.8) is 0 Å². The predicted octanol–water partition coefficient (Wildman–Crippen LogP) is 2.59. The van der Waals surface area contributed by atoms with E-state index in [9.17, 15) is 0 Å². The maximum absolute atomic E-state index is 5.73. The van der Waals surface area contributed by atoms with E-state index in [0.29, 0.717) is 6.10 Å². The quantitative estimate of drug-likeness (QED) is 0.740. The third-order valence-electron chi connectivity index (χ3n) is 4.27. The zero-order chi connectivity index (χ0) is 13.8. The Hall–Kier alpha value is -0.170. The van der Waals surface area contributed by atoms with Gasteiger partial charge in [0, 0.05) is 49.4 Å². The minimum atomic E-state index is 0.498. The summed E-state index contributed by atoms with van der Waals surface area (Å²) in [5.41, 5.74) is 1.43. The van der Waals surface area contributed by atoms with Gasteiger partial charge in [-0.05, 0) is 53.1 Å². The van der Waals surface area contributed by atoms with E-state index in [2.05, 4.69) is 56.7 Å². The molecule has 3 nitrogen and oxygen atoms in total. The first-order valence-corrected chi connectivity index (χ1v) is 8.68. The highest BCUT2D eigenvalue weighted by atomic mass is 127. The van der Waals surface area contributed by atoms with Crippen molar-refractivity contribution in [1.82, 2.24) is 9.80 Å². The lowest BCUT2D eigenvalue weighted by atomic mass is 10.2. The van der Waals surface area contributed by atoms with Crippen molar-refractivity contribution in [2.75, 3.05) is 39.3 Å². The molecule has 2 aliphatic rings. The summed E-state index contributed by atoms with van der Waals surface area (Å²) in [6.45, 7) is 7.92. The lowest BCUT2D eigenvalue weighted by Crippen LogP contribution is -2.48. The summed E-state index contributed by atoms with van der Waals surface area (Å²) in [4.78, 5) is 5.13. The molecule has 0 amide bonds. The van der Waals surface area contributed by atoms with Gasteiger partial charge >= 0.3 is 0 Å². The highest BCUT2D eigenvalue weighted by Crippen LogP contribution is 2.15. The Morgan fingerprint density at radius 1 is 1.05 bits per heavy atom. The third-order valence-corrected chi connectivity index (χ3v) is 4.99. The molecule has 0 N–H and O–H groups in total. The first-order chi connectivity index (χ1) is 9.79. The minimum Gasteiger partial charge on any atom is -0.377 e. The number of piperazine rings is 1. The molecule has 0 aliphatic carbocycles. The number of hydrogen-bond donors (Lipinski definition) is 0. The van der Waals surface area contributed by atoms with Gasteiger partial charge in [-0.3, -0.25) is 9.80 Å². The highest BCUT2D eigenvalue weighted by molar-refractivity contribution is 14.1. The Kier molecular flexibility index (Phi) is 5.31. The second-order valence-corrected chi connectivity index (χ2v) is 7.08. The molecular formula is C16H23IN2O. The van der Waals surface area contributed by atoms with E-state index in [1.54, 1.807) is 0 Å². The Bertz CT molecular complexity index is 409. The highest BCUT2D eigenvalue weighted by Gasteiger charge is 2.22. The fourth-order valence-electron chi connectivity index (χ4n) is 3.05. The summed E-state index contributed by atoms with van der Waals surface area (Å²) in [7, 11) is 0. The van der Waals surface area contributed by atoms with Crippen molar-refractivity contribution >= 4 is 22.6 Å². The molecule has 4 heteroatoms. The van der Waals surface area contributed by atoms with E-state index < -0.39 is 0 Å². The second kappa shape index (κ2) is 7.20. The Labute approximate surface area is 135 Å². The van der Waals surface area contributed by atoms with E-state index in [1.165, 1.54) is 48.2 Å². The molecule has 1 aromatic carbocycles. The van der Waals surface area contributed by atoms with Crippen molar-refractivity contribution < 1.29 is 4.74 Å². The smallest absolute Gasteiger partial charge is 0.0702 e. The number of nitrogens with zero attached hydrogens (tertiary/aromatic N) is 2. The van der Waals surface area contributed by atoms with Crippen LogP contribution < -0.4 is 0 Å². The second-order valence-electron chi connectivity index (χ2n) is 5.84. The number of benzene rings is 1. The zero-order valence-corrected chi connectivity index (χ0v) is 14.1. The van der Waals surface area contributed by atoms with Crippen LogP contribution in [0.3, 0.4) is 0 Å². The lowest BCUT2D eigenvalue weighted by Gasteiger charge is -2.35. The van der Waals surface area contributed by atoms with Crippen LogP contribution in [0.2, 0.25) is 0 Å². The Morgan fingerprint density at radius 2 is 1.75 bits per heavy atom. The van der Waals surface area contributed by atoms with Crippen LogP contribution in [0.1, 0.15) is 18.4 Å². The molecule has 110 valence electrons. The monoisotopic (exact) mass is 386 g/mol. The van der Waals surface area contributed by atoms with Gasteiger partial charge in [0.2, 0.25) is 0 Å². The van der Waals surface area contributed by atoms with Gasteiger partial charge in [-0.2, -0.15) is 0 Å². The third kappa shape index (κ3) is 4.16. The van der Waals surface area contributed by atoms with Gasteiger partial charge in [-0.1, -0.05) is 12.1 Å². The maximum atomic E-state index is 5.73. The Balaban J connectivity index is 1.42. The molecule has 2 fully saturated rings. The van der Waals surface area contributed by atoms with Gasteiger partial charge in [0.25, 0.3) is 0 Å². The molecule has 2 saturated heterocycles. The van der Waals surface area contributed by atoms with E-state index >= 15 is 0 Å². The van der Waals surface area contributed by atoms with Crippen LogP contribution in [-0.2, 0) is 11.3 Å². The van der Waals surface area contributed by atoms with Crippen molar-refractivity contribution in [1.29, 1.82) is 0 Å². The summed E-state index contributed by atoms with van der Waals surface area (Å²) in [6, 6.07) is 8.90. The molecule has 0 aromatic heterocycles. The average molecular weight is 386 g/mol. The molecular weight excluding hydrogens is 363 g/mol. The fourth-order valence-corrected chi connectivity index (χ4v) is 3.41. The molecule has 0 bridgehead atoms. The predicted molar refractivity (Wildman–Crippen MR) is 89.9 cm³/mol. The van der Waals surface area contributed by atoms with Crippen LogP contribution >= 0.6 is 22.6 Å². The van der Waals surface area contributed by atoms with E-state index in [-0.39, 0.29) is 0 Å². The molecule has 2 heterocycles. The molecule has 1 aromatic rings. The summed E-state index contributed by atoms with van der Waals surface area (Å²) in [5.74, 6) is 0. The van der Waals surface area contributed by atoms with Gasteiger partial charge < -0.3 is 4.74 Å². The summed E-state index contributed by atoms with van der Waals surface area (Å²) >= 11 is 2.36. The molecule has 0 spiro atoms. The van der Waals surface area contributed by atoms with Crippen molar-refractivity contribution in [2.24, 2.45) is 0 Å². The van der Waals surface area contributed by atoms with Gasteiger partial charge in [-0.15, -0.1) is 0 Å². The summed E-state index contributed by atoms with van der Waals surface area (Å²) in [6.07, 6.45) is 3.00. The lowest BCUT2D eigenvalue weighted by molar-refractivity contribution is 0.0489. The molecule has 2 aliphatic heterocycles. The van der Waals surface area contributed by atoms with Crippen LogP contribution in [0.4, 0.5) is 0 Å². The molecule has 3 rings (SSSR count).